The van der Waals surface area contributed by atoms with E-state index in [9.17, 15) is 4.39 Å². The van der Waals surface area contributed by atoms with Crippen LogP contribution in [0.5, 0.6) is 0 Å². The van der Waals surface area contributed by atoms with Gasteiger partial charge in [-0.1, -0.05) is 36.4 Å². The van der Waals surface area contributed by atoms with Gasteiger partial charge in [-0.3, -0.25) is 0 Å². The molecule has 5 heteroatoms. The van der Waals surface area contributed by atoms with E-state index in [1.165, 1.54) is 16.5 Å². The molecule has 0 bridgehead atoms. The molecule has 2 aromatic rings. The van der Waals surface area contributed by atoms with E-state index in [1.807, 2.05) is 30.3 Å². The third-order valence-corrected chi connectivity index (χ3v) is 4.90. The van der Waals surface area contributed by atoms with Crippen LogP contribution in [0.15, 0.2) is 48.5 Å². The second kappa shape index (κ2) is 7.73. The quantitative estimate of drug-likeness (QED) is 0.833. The zero-order chi connectivity index (χ0) is 16.9. The van der Waals surface area contributed by atoms with Gasteiger partial charge in [0, 0.05) is 11.3 Å². The fourth-order valence-electron chi connectivity index (χ4n) is 3.02. The molecule has 1 aliphatic heterocycles. The maximum Gasteiger partial charge on any atom is 0.173 e. The molecule has 0 spiro atoms. The summed E-state index contributed by atoms with van der Waals surface area (Å²) in [6, 6.07) is 15.2. The maximum absolute atomic E-state index is 13.8. The van der Waals surface area contributed by atoms with Crippen LogP contribution in [-0.4, -0.2) is 36.2 Å². The summed E-state index contributed by atoms with van der Waals surface area (Å²) >= 11 is 5.55. The molecule has 0 saturated carbocycles. The number of halogens is 1. The Labute approximate surface area is 148 Å². The minimum absolute atomic E-state index is 0.107. The first-order valence-electron chi connectivity index (χ1n) is 8.32. The summed E-state index contributed by atoms with van der Waals surface area (Å²) in [6.45, 7) is 6.51. The van der Waals surface area contributed by atoms with Crippen molar-refractivity contribution in [1.29, 1.82) is 0 Å². The second-order valence-corrected chi connectivity index (χ2v) is 6.64. The van der Waals surface area contributed by atoms with Gasteiger partial charge in [0.05, 0.1) is 26.2 Å². The van der Waals surface area contributed by atoms with Gasteiger partial charge in [0.2, 0.25) is 0 Å². The first-order valence-corrected chi connectivity index (χ1v) is 8.73. The minimum Gasteiger partial charge on any atom is -0.338 e. The van der Waals surface area contributed by atoms with E-state index in [0.717, 1.165) is 49.1 Å². The van der Waals surface area contributed by atoms with Gasteiger partial charge in [0.25, 0.3) is 0 Å². The molecule has 1 saturated heterocycles. The molecule has 126 valence electrons. The Morgan fingerprint density at radius 1 is 1.12 bits per heavy atom. The Bertz CT molecular complexity index is 711. The highest BCUT2D eigenvalue weighted by atomic mass is 32.1. The lowest BCUT2D eigenvalue weighted by molar-refractivity contribution is -0.917. The van der Waals surface area contributed by atoms with Gasteiger partial charge in [-0.05, 0) is 36.8 Å². The van der Waals surface area contributed by atoms with Crippen LogP contribution in [-0.2, 0) is 6.54 Å². The molecule has 1 heterocycles. The highest BCUT2D eigenvalue weighted by Gasteiger charge is 2.22. The molecule has 1 fully saturated rings. The van der Waals surface area contributed by atoms with Crippen molar-refractivity contribution in [3.8, 4) is 0 Å². The standard InChI is InChI=1S/C19H22FN3S/c1-15-6-2-5-9-18(15)21-19(24)23-12-10-22(11-13-23)14-16-7-3-4-8-17(16)20/h2-9H,10-14H2,1H3,(H,21,24)/p+1. The number of hydrogen-bond donors (Lipinski definition) is 2. The van der Waals surface area contributed by atoms with Crippen LogP contribution in [0.3, 0.4) is 0 Å². The summed E-state index contributed by atoms with van der Waals surface area (Å²) in [5.74, 6) is -0.107. The molecule has 0 atom stereocenters. The van der Waals surface area contributed by atoms with E-state index >= 15 is 0 Å². The van der Waals surface area contributed by atoms with Crippen molar-refractivity contribution < 1.29 is 9.29 Å². The van der Waals surface area contributed by atoms with Crippen molar-refractivity contribution in [3.05, 3.63) is 65.5 Å². The van der Waals surface area contributed by atoms with Gasteiger partial charge in [-0.25, -0.2) is 4.39 Å². The normalized spacial score (nSPS) is 15.3. The molecule has 0 aliphatic carbocycles. The summed E-state index contributed by atoms with van der Waals surface area (Å²) < 4.78 is 13.8. The number of aryl methyl sites for hydroxylation is 1. The number of piperazine rings is 1. The number of benzene rings is 2. The number of para-hydroxylation sites is 1. The molecule has 3 nitrogen and oxygen atoms in total. The molecule has 0 aromatic heterocycles. The number of nitrogens with one attached hydrogen (secondary N) is 2. The van der Waals surface area contributed by atoms with E-state index in [2.05, 4.69) is 23.2 Å². The monoisotopic (exact) mass is 344 g/mol. The molecule has 2 aromatic carbocycles. The fraction of sp³-hybridized carbons (Fsp3) is 0.316. The van der Waals surface area contributed by atoms with E-state index < -0.39 is 0 Å². The summed E-state index contributed by atoms with van der Waals surface area (Å²) in [7, 11) is 0. The van der Waals surface area contributed by atoms with Crippen molar-refractivity contribution >= 4 is 23.0 Å². The van der Waals surface area contributed by atoms with Crippen LogP contribution in [0.2, 0.25) is 0 Å². The van der Waals surface area contributed by atoms with Gasteiger partial charge < -0.3 is 15.1 Å². The van der Waals surface area contributed by atoms with Crippen molar-refractivity contribution in [2.24, 2.45) is 0 Å². The van der Waals surface area contributed by atoms with Gasteiger partial charge in [-0.15, -0.1) is 0 Å². The van der Waals surface area contributed by atoms with Crippen LogP contribution in [0.4, 0.5) is 10.1 Å². The van der Waals surface area contributed by atoms with Crippen LogP contribution < -0.4 is 10.2 Å². The summed E-state index contributed by atoms with van der Waals surface area (Å²) in [4.78, 5) is 3.60. The lowest BCUT2D eigenvalue weighted by Gasteiger charge is -2.34. The average molecular weight is 344 g/mol. The Balaban J connectivity index is 1.52. The highest BCUT2D eigenvalue weighted by Crippen LogP contribution is 2.14. The smallest absolute Gasteiger partial charge is 0.173 e. The maximum atomic E-state index is 13.8. The van der Waals surface area contributed by atoms with E-state index in [4.69, 9.17) is 12.2 Å². The third kappa shape index (κ3) is 4.10. The largest absolute Gasteiger partial charge is 0.338 e. The zero-order valence-corrected chi connectivity index (χ0v) is 14.7. The molecular formula is C19H23FN3S+. The molecule has 24 heavy (non-hydrogen) atoms. The number of rotatable bonds is 3. The molecular weight excluding hydrogens is 321 g/mol. The first kappa shape index (κ1) is 16.9. The zero-order valence-electron chi connectivity index (χ0n) is 13.9. The van der Waals surface area contributed by atoms with Gasteiger partial charge in [0.15, 0.2) is 5.11 Å². The van der Waals surface area contributed by atoms with Crippen molar-refractivity contribution in [2.45, 2.75) is 13.5 Å². The summed E-state index contributed by atoms with van der Waals surface area (Å²) in [5.41, 5.74) is 3.04. The Morgan fingerprint density at radius 2 is 1.79 bits per heavy atom. The Hall–Kier alpha value is -1.98. The highest BCUT2D eigenvalue weighted by molar-refractivity contribution is 7.80. The van der Waals surface area contributed by atoms with Gasteiger partial charge >= 0.3 is 0 Å². The molecule has 1 aliphatic rings. The molecule has 3 rings (SSSR count). The van der Waals surface area contributed by atoms with Crippen LogP contribution in [0.1, 0.15) is 11.1 Å². The summed E-state index contributed by atoms with van der Waals surface area (Å²) in [6.07, 6.45) is 0. The van der Waals surface area contributed by atoms with E-state index in [1.54, 1.807) is 6.07 Å². The van der Waals surface area contributed by atoms with Crippen molar-refractivity contribution in [2.75, 3.05) is 31.5 Å². The molecule has 0 amide bonds. The van der Waals surface area contributed by atoms with Gasteiger partial charge in [-0.2, -0.15) is 0 Å². The number of hydrogen-bond acceptors (Lipinski definition) is 1. The Morgan fingerprint density at radius 3 is 2.50 bits per heavy atom. The third-order valence-electron chi connectivity index (χ3n) is 4.54. The summed E-state index contributed by atoms with van der Waals surface area (Å²) in [5, 5.41) is 4.11. The topological polar surface area (TPSA) is 19.7 Å². The van der Waals surface area contributed by atoms with Crippen LogP contribution >= 0.6 is 12.2 Å². The number of anilines is 1. The average Bonchev–Trinajstić information content (AvgIpc) is 2.59. The number of thiocarbonyl (C=S) groups is 1. The second-order valence-electron chi connectivity index (χ2n) is 6.25. The first-order chi connectivity index (χ1) is 11.6. The lowest BCUT2D eigenvalue weighted by Crippen LogP contribution is -3.13. The van der Waals surface area contributed by atoms with Gasteiger partial charge in [0.1, 0.15) is 12.4 Å². The minimum atomic E-state index is -0.107. The number of nitrogens with zero attached hydrogens (tertiary/aromatic N) is 1. The van der Waals surface area contributed by atoms with E-state index in [-0.39, 0.29) is 5.82 Å². The molecule has 0 unspecified atom stereocenters. The lowest BCUT2D eigenvalue weighted by atomic mass is 10.2. The SMILES string of the molecule is Cc1ccccc1NC(=S)N1CC[NH+](Cc2ccccc2F)CC1. The predicted molar refractivity (Wildman–Crippen MR) is 99.8 cm³/mol. The Kier molecular flexibility index (Phi) is 5.43. The molecule has 0 radical (unpaired) electrons. The number of quaternary nitrogens is 1. The van der Waals surface area contributed by atoms with Crippen molar-refractivity contribution in [3.63, 3.8) is 0 Å². The predicted octanol–water partition coefficient (Wildman–Crippen LogP) is 2.23. The van der Waals surface area contributed by atoms with Crippen LogP contribution in [0, 0.1) is 12.7 Å². The van der Waals surface area contributed by atoms with E-state index in [0.29, 0.717) is 0 Å². The fourth-order valence-corrected chi connectivity index (χ4v) is 3.31. The van der Waals surface area contributed by atoms with Crippen molar-refractivity contribution in [1.82, 2.24) is 4.90 Å². The molecule has 2 N–H and O–H groups in total. The van der Waals surface area contributed by atoms with Crippen LogP contribution in [0.25, 0.3) is 0 Å².